The van der Waals surface area contributed by atoms with Crippen LogP contribution in [-0.2, 0) is 13.1 Å². The van der Waals surface area contributed by atoms with E-state index < -0.39 is 0 Å². The summed E-state index contributed by atoms with van der Waals surface area (Å²) in [6.07, 6.45) is 5.40. The van der Waals surface area contributed by atoms with Crippen LogP contribution >= 0.6 is 0 Å². The number of aryl methyl sites for hydroxylation is 1. The number of imidazole rings is 1. The first-order chi connectivity index (χ1) is 12.2. The van der Waals surface area contributed by atoms with E-state index in [-0.39, 0.29) is 5.75 Å². The number of aromatic nitrogens is 3. The fourth-order valence-corrected chi connectivity index (χ4v) is 3.18. The van der Waals surface area contributed by atoms with Crippen LogP contribution in [0, 0.1) is 6.92 Å². The van der Waals surface area contributed by atoms with Crippen LogP contribution in [-0.4, -0.2) is 38.1 Å². The molecule has 0 radical (unpaired) electrons. The third-order valence-corrected chi connectivity index (χ3v) is 4.34. The van der Waals surface area contributed by atoms with Crippen molar-refractivity contribution in [3.8, 4) is 22.6 Å². The van der Waals surface area contributed by atoms with E-state index in [9.17, 15) is 5.11 Å². The van der Waals surface area contributed by atoms with Crippen LogP contribution in [0.3, 0.4) is 0 Å². The van der Waals surface area contributed by atoms with E-state index in [0.717, 1.165) is 41.3 Å². The molecule has 1 aliphatic rings. The van der Waals surface area contributed by atoms with Gasteiger partial charge < -0.3 is 14.8 Å². The van der Waals surface area contributed by atoms with Gasteiger partial charge in [0.25, 0.3) is 0 Å². The number of pyridine rings is 1. The number of nitrogens with zero attached hydrogens (tertiary/aromatic N) is 3. The van der Waals surface area contributed by atoms with Gasteiger partial charge in [-0.15, -0.1) is 0 Å². The molecular weight excluding hydrogens is 316 g/mol. The van der Waals surface area contributed by atoms with Gasteiger partial charge in [0.2, 0.25) is 0 Å². The Morgan fingerprint density at radius 3 is 2.96 bits per heavy atom. The molecule has 0 amide bonds. The van der Waals surface area contributed by atoms with E-state index in [1.165, 1.54) is 0 Å². The second kappa shape index (κ2) is 6.57. The molecule has 25 heavy (non-hydrogen) atoms. The Balaban J connectivity index is 1.64. The van der Waals surface area contributed by atoms with Gasteiger partial charge in [-0.05, 0) is 30.7 Å². The predicted molar refractivity (Wildman–Crippen MR) is 94.3 cm³/mol. The summed E-state index contributed by atoms with van der Waals surface area (Å²) in [5.74, 6) is 1.67. The molecule has 0 bridgehead atoms. The standard InChI is InChI=1S/C19H20N4O2/c1-13-21-10-17(22-13)12-23-5-6-25-19-16(11-23)7-15(8-18(19)24)14-3-2-4-20-9-14/h2-4,7-10,24H,5-6,11-12H2,1H3,(H,21,22). The van der Waals surface area contributed by atoms with Crippen molar-refractivity contribution in [2.75, 3.05) is 13.2 Å². The summed E-state index contributed by atoms with van der Waals surface area (Å²) in [6.45, 7) is 4.74. The van der Waals surface area contributed by atoms with Crippen molar-refractivity contribution in [2.45, 2.75) is 20.0 Å². The highest BCUT2D eigenvalue weighted by atomic mass is 16.5. The van der Waals surface area contributed by atoms with Crippen molar-refractivity contribution in [3.63, 3.8) is 0 Å². The average molecular weight is 336 g/mol. The minimum absolute atomic E-state index is 0.176. The number of ether oxygens (including phenoxy) is 1. The molecule has 0 saturated heterocycles. The number of hydrogen-bond donors (Lipinski definition) is 2. The molecule has 2 aromatic heterocycles. The molecule has 1 aromatic carbocycles. The van der Waals surface area contributed by atoms with E-state index in [4.69, 9.17) is 4.74 Å². The largest absolute Gasteiger partial charge is 0.504 e. The van der Waals surface area contributed by atoms with E-state index >= 15 is 0 Å². The zero-order valence-corrected chi connectivity index (χ0v) is 14.1. The van der Waals surface area contributed by atoms with Crippen LogP contribution in [0.5, 0.6) is 11.5 Å². The topological polar surface area (TPSA) is 74.3 Å². The minimum Gasteiger partial charge on any atom is -0.504 e. The molecule has 0 fully saturated rings. The smallest absolute Gasteiger partial charge is 0.165 e. The maximum absolute atomic E-state index is 10.4. The van der Waals surface area contributed by atoms with Gasteiger partial charge in [0.05, 0.1) is 0 Å². The molecule has 128 valence electrons. The van der Waals surface area contributed by atoms with Crippen molar-refractivity contribution in [1.29, 1.82) is 0 Å². The predicted octanol–water partition coefficient (Wildman–Crippen LogP) is 2.88. The lowest BCUT2D eigenvalue weighted by Gasteiger charge is -2.18. The first-order valence-electron chi connectivity index (χ1n) is 8.31. The van der Waals surface area contributed by atoms with E-state index in [2.05, 4.69) is 25.9 Å². The Bertz CT molecular complexity index is 876. The number of nitrogens with one attached hydrogen (secondary N) is 1. The maximum atomic E-state index is 10.4. The zero-order chi connectivity index (χ0) is 17.2. The molecule has 6 heteroatoms. The lowest BCUT2D eigenvalue weighted by molar-refractivity contribution is 0.215. The van der Waals surface area contributed by atoms with Crippen LogP contribution in [0.15, 0.2) is 42.9 Å². The van der Waals surface area contributed by atoms with Gasteiger partial charge in [-0.3, -0.25) is 9.88 Å². The SMILES string of the molecule is Cc1ncc(CN2CCOc3c(O)cc(-c4cccnc4)cc3C2)[nH]1. The lowest BCUT2D eigenvalue weighted by Crippen LogP contribution is -2.25. The van der Waals surface area contributed by atoms with Crippen LogP contribution in [0.25, 0.3) is 11.1 Å². The summed E-state index contributed by atoms with van der Waals surface area (Å²) in [4.78, 5) is 14.0. The molecule has 0 unspecified atom stereocenters. The highest BCUT2D eigenvalue weighted by Gasteiger charge is 2.20. The van der Waals surface area contributed by atoms with Crippen LogP contribution in [0.4, 0.5) is 0 Å². The number of fused-ring (bicyclic) bond motifs is 1. The molecule has 3 aromatic rings. The number of H-pyrrole nitrogens is 1. The summed E-state index contributed by atoms with van der Waals surface area (Å²) >= 11 is 0. The third-order valence-electron chi connectivity index (χ3n) is 4.34. The summed E-state index contributed by atoms with van der Waals surface area (Å²) < 4.78 is 5.81. The van der Waals surface area contributed by atoms with E-state index in [1.807, 2.05) is 25.3 Å². The Morgan fingerprint density at radius 2 is 2.20 bits per heavy atom. The second-order valence-electron chi connectivity index (χ2n) is 6.28. The summed E-state index contributed by atoms with van der Waals surface area (Å²) in [6, 6.07) is 7.69. The molecule has 0 spiro atoms. The summed E-state index contributed by atoms with van der Waals surface area (Å²) in [5, 5.41) is 10.4. The number of hydrogen-bond acceptors (Lipinski definition) is 5. The average Bonchev–Trinajstić information content (AvgIpc) is 2.90. The number of phenolic OH excluding ortho intramolecular Hbond substituents is 1. The fraction of sp³-hybridized carbons (Fsp3) is 0.263. The molecule has 4 rings (SSSR count). The van der Waals surface area contributed by atoms with Gasteiger partial charge in [-0.2, -0.15) is 0 Å². The van der Waals surface area contributed by atoms with Crippen LogP contribution in [0.1, 0.15) is 17.1 Å². The van der Waals surface area contributed by atoms with Crippen molar-refractivity contribution in [1.82, 2.24) is 19.9 Å². The van der Waals surface area contributed by atoms with E-state index in [1.54, 1.807) is 18.5 Å². The van der Waals surface area contributed by atoms with Crippen LogP contribution in [0.2, 0.25) is 0 Å². The quantitative estimate of drug-likeness (QED) is 0.769. The van der Waals surface area contributed by atoms with Gasteiger partial charge in [-0.25, -0.2) is 4.98 Å². The minimum atomic E-state index is 0.176. The van der Waals surface area contributed by atoms with Gasteiger partial charge >= 0.3 is 0 Å². The molecule has 2 N–H and O–H groups in total. The first-order valence-corrected chi connectivity index (χ1v) is 8.31. The van der Waals surface area contributed by atoms with Gasteiger partial charge in [0, 0.05) is 55.0 Å². The van der Waals surface area contributed by atoms with Gasteiger partial charge in [-0.1, -0.05) is 6.07 Å². The molecule has 6 nitrogen and oxygen atoms in total. The Morgan fingerprint density at radius 1 is 1.28 bits per heavy atom. The second-order valence-corrected chi connectivity index (χ2v) is 6.28. The molecule has 0 aliphatic carbocycles. The Hall–Kier alpha value is -2.86. The molecule has 0 atom stereocenters. The Labute approximate surface area is 146 Å². The molecular formula is C19H20N4O2. The van der Waals surface area contributed by atoms with Crippen molar-refractivity contribution in [2.24, 2.45) is 0 Å². The molecule has 1 aliphatic heterocycles. The number of benzene rings is 1. The lowest BCUT2D eigenvalue weighted by atomic mass is 10.0. The summed E-state index contributed by atoms with van der Waals surface area (Å²) in [5.41, 5.74) is 3.97. The first kappa shape index (κ1) is 15.7. The number of aromatic hydroxyl groups is 1. The number of aromatic amines is 1. The van der Waals surface area contributed by atoms with E-state index in [0.29, 0.717) is 18.9 Å². The third kappa shape index (κ3) is 3.34. The van der Waals surface area contributed by atoms with Crippen molar-refractivity contribution in [3.05, 3.63) is 59.9 Å². The normalized spacial score (nSPS) is 14.6. The highest BCUT2D eigenvalue weighted by Crippen LogP contribution is 2.37. The monoisotopic (exact) mass is 336 g/mol. The van der Waals surface area contributed by atoms with Gasteiger partial charge in [0.1, 0.15) is 12.4 Å². The summed E-state index contributed by atoms with van der Waals surface area (Å²) in [7, 11) is 0. The Kier molecular flexibility index (Phi) is 4.11. The van der Waals surface area contributed by atoms with Crippen LogP contribution < -0.4 is 4.74 Å². The van der Waals surface area contributed by atoms with Crippen molar-refractivity contribution >= 4 is 0 Å². The maximum Gasteiger partial charge on any atom is 0.165 e. The molecule has 0 saturated carbocycles. The number of phenols is 1. The highest BCUT2D eigenvalue weighted by molar-refractivity contribution is 5.68. The number of rotatable bonds is 3. The van der Waals surface area contributed by atoms with Gasteiger partial charge in [0.15, 0.2) is 11.5 Å². The van der Waals surface area contributed by atoms with Crippen molar-refractivity contribution < 1.29 is 9.84 Å². The molecule has 3 heterocycles. The zero-order valence-electron chi connectivity index (χ0n) is 14.1. The fourth-order valence-electron chi connectivity index (χ4n) is 3.18.